The topological polar surface area (TPSA) is 42.2 Å². The third kappa shape index (κ3) is 4.76. The number of aryl methyl sites for hydroxylation is 1. The maximum atomic E-state index is 10.8. The van der Waals surface area contributed by atoms with Crippen LogP contribution in [-0.4, -0.2) is 15.6 Å². The second-order valence-corrected chi connectivity index (χ2v) is 9.92. The van der Waals surface area contributed by atoms with Crippen molar-refractivity contribution in [3.8, 4) is 16.9 Å². The minimum Gasteiger partial charge on any atom is -0.481 e. The van der Waals surface area contributed by atoms with Crippen molar-refractivity contribution in [3.63, 3.8) is 0 Å². The number of carboxylic acids is 1. The Hall–Kier alpha value is -2.81. The van der Waals surface area contributed by atoms with E-state index in [1.165, 1.54) is 40.2 Å². The van der Waals surface area contributed by atoms with Gasteiger partial charge >= 0.3 is 5.97 Å². The molecule has 0 saturated heterocycles. The summed E-state index contributed by atoms with van der Waals surface area (Å²) in [6, 6.07) is 21.8. The molecule has 0 amide bonds. The summed E-state index contributed by atoms with van der Waals surface area (Å²) in [6.45, 7) is 7.09. The summed E-state index contributed by atoms with van der Waals surface area (Å²) in [4.78, 5) is 10.8. The standard InChI is InChI=1S/C28H33NO2/c1-28(2,3)23-14-17-25-22(18-23)19-26(21-9-5-4-6-10-21)29(25)24-15-12-20(13-16-24)8-7-11-27(30)31/h4-6,9-10,12-13,15-16,19,23H,7-8,11,14,17-18H2,1-3H3,(H,30,31). The zero-order valence-corrected chi connectivity index (χ0v) is 18.9. The minimum atomic E-state index is -0.725. The Morgan fingerprint density at radius 2 is 1.77 bits per heavy atom. The van der Waals surface area contributed by atoms with Crippen molar-refractivity contribution < 1.29 is 9.90 Å². The van der Waals surface area contributed by atoms with Gasteiger partial charge in [0.2, 0.25) is 0 Å². The summed E-state index contributed by atoms with van der Waals surface area (Å²) in [5, 5.41) is 8.88. The summed E-state index contributed by atoms with van der Waals surface area (Å²) < 4.78 is 2.45. The number of hydrogen-bond acceptors (Lipinski definition) is 1. The van der Waals surface area contributed by atoms with Crippen molar-refractivity contribution in [2.75, 3.05) is 0 Å². The minimum absolute atomic E-state index is 0.222. The molecule has 3 aromatic rings. The van der Waals surface area contributed by atoms with Crippen LogP contribution in [0, 0.1) is 11.3 Å². The molecule has 0 saturated carbocycles. The van der Waals surface area contributed by atoms with E-state index in [1.54, 1.807) is 0 Å². The molecular weight excluding hydrogens is 382 g/mol. The summed E-state index contributed by atoms with van der Waals surface area (Å²) in [6.07, 6.45) is 5.16. The second-order valence-electron chi connectivity index (χ2n) is 9.92. The fourth-order valence-corrected chi connectivity index (χ4v) is 4.84. The molecule has 162 valence electrons. The van der Waals surface area contributed by atoms with E-state index in [4.69, 9.17) is 5.11 Å². The Kier molecular flexibility index (Phi) is 6.04. The van der Waals surface area contributed by atoms with Crippen molar-refractivity contribution in [1.29, 1.82) is 0 Å². The average molecular weight is 416 g/mol. The molecule has 0 aliphatic heterocycles. The first-order valence-corrected chi connectivity index (χ1v) is 11.4. The quantitative estimate of drug-likeness (QED) is 0.486. The van der Waals surface area contributed by atoms with Gasteiger partial charge in [-0.3, -0.25) is 4.79 Å². The van der Waals surface area contributed by atoms with E-state index in [0.717, 1.165) is 19.3 Å². The summed E-state index contributed by atoms with van der Waals surface area (Å²) in [5.74, 6) is -0.0206. The van der Waals surface area contributed by atoms with Gasteiger partial charge in [0.1, 0.15) is 0 Å². The lowest BCUT2D eigenvalue weighted by atomic mass is 9.72. The van der Waals surface area contributed by atoms with Crippen molar-refractivity contribution >= 4 is 5.97 Å². The largest absolute Gasteiger partial charge is 0.481 e. The van der Waals surface area contributed by atoms with Crippen LogP contribution in [0.25, 0.3) is 16.9 Å². The molecule has 1 atom stereocenters. The maximum Gasteiger partial charge on any atom is 0.303 e. The van der Waals surface area contributed by atoms with Crippen LogP contribution in [0.5, 0.6) is 0 Å². The van der Waals surface area contributed by atoms with Gasteiger partial charge in [0.15, 0.2) is 0 Å². The van der Waals surface area contributed by atoms with Gasteiger partial charge in [-0.25, -0.2) is 0 Å². The third-order valence-corrected chi connectivity index (χ3v) is 6.73. The molecule has 1 aliphatic rings. The van der Waals surface area contributed by atoms with Crippen molar-refractivity contribution in [2.45, 2.75) is 59.3 Å². The molecular formula is C28H33NO2. The molecule has 3 nitrogen and oxygen atoms in total. The number of benzene rings is 2. The predicted molar refractivity (Wildman–Crippen MR) is 127 cm³/mol. The summed E-state index contributed by atoms with van der Waals surface area (Å²) in [7, 11) is 0. The number of carboxylic acid groups (broad SMARTS) is 1. The van der Waals surface area contributed by atoms with Crippen LogP contribution < -0.4 is 0 Å². The Morgan fingerprint density at radius 3 is 2.42 bits per heavy atom. The van der Waals surface area contributed by atoms with Crippen molar-refractivity contribution in [1.82, 2.24) is 4.57 Å². The van der Waals surface area contributed by atoms with Gasteiger partial charge in [0, 0.05) is 17.8 Å². The lowest BCUT2D eigenvalue weighted by Gasteiger charge is -2.34. The Bertz CT molecular complexity index is 1040. The molecule has 0 radical (unpaired) electrons. The number of hydrogen-bond donors (Lipinski definition) is 1. The molecule has 31 heavy (non-hydrogen) atoms. The first-order chi connectivity index (χ1) is 14.8. The van der Waals surface area contributed by atoms with Crippen molar-refractivity contribution in [2.24, 2.45) is 11.3 Å². The van der Waals surface area contributed by atoms with Crippen LogP contribution in [0.1, 0.15) is 56.9 Å². The van der Waals surface area contributed by atoms with Gasteiger partial charge < -0.3 is 9.67 Å². The third-order valence-electron chi connectivity index (χ3n) is 6.73. The Balaban J connectivity index is 1.70. The van der Waals surface area contributed by atoms with Crippen LogP contribution >= 0.6 is 0 Å². The van der Waals surface area contributed by atoms with Crippen LogP contribution in [0.3, 0.4) is 0 Å². The highest BCUT2D eigenvalue weighted by molar-refractivity contribution is 5.67. The number of carbonyl (C=O) groups is 1. The van der Waals surface area contributed by atoms with Gasteiger partial charge in [-0.2, -0.15) is 0 Å². The summed E-state index contributed by atoms with van der Waals surface area (Å²) in [5.41, 5.74) is 8.14. The Morgan fingerprint density at radius 1 is 1.06 bits per heavy atom. The highest BCUT2D eigenvalue weighted by Crippen LogP contribution is 2.41. The second kappa shape index (κ2) is 8.74. The monoisotopic (exact) mass is 415 g/mol. The summed E-state index contributed by atoms with van der Waals surface area (Å²) >= 11 is 0. The fraction of sp³-hybridized carbons (Fsp3) is 0.393. The lowest BCUT2D eigenvalue weighted by Crippen LogP contribution is -2.27. The molecule has 1 heterocycles. The molecule has 3 heteroatoms. The number of rotatable bonds is 6. The number of nitrogens with zero attached hydrogens (tertiary/aromatic N) is 1. The highest BCUT2D eigenvalue weighted by Gasteiger charge is 2.31. The van der Waals surface area contributed by atoms with Crippen LogP contribution in [-0.2, 0) is 24.1 Å². The van der Waals surface area contributed by atoms with E-state index >= 15 is 0 Å². The highest BCUT2D eigenvalue weighted by atomic mass is 16.4. The van der Waals surface area contributed by atoms with Crippen LogP contribution in [0.4, 0.5) is 0 Å². The number of aromatic nitrogens is 1. The first kappa shape index (κ1) is 21.4. The fourth-order valence-electron chi connectivity index (χ4n) is 4.84. The van der Waals surface area contributed by atoms with Gasteiger partial charge in [-0.1, -0.05) is 63.2 Å². The van der Waals surface area contributed by atoms with E-state index in [1.807, 2.05) is 0 Å². The average Bonchev–Trinajstić information content (AvgIpc) is 3.13. The molecule has 0 bridgehead atoms. The smallest absolute Gasteiger partial charge is 0.303 e. The molecule has 1 aliphatic carbocycles. The molecule has 2 aromatic carbocycles. The maximum absolute atomic E-state index is 10.8. The van der Waals surface area contributed by atoms with Gasteiger partial charge in [-0.15, -0.1) is 0 Å². The molecule has 1 unspecified atom stereocenters. The molecule has 1 aromatic heterocycles. The number of aliphatic carboxylic acids is 1. The molecule has 0 spiro atoms. The van der Waals surface area contributed by atoms with Crippen LogP contribution in [0.15, 0.2) is 60.7 Å². The van der Waals surface area contributed by atoms with Crippen molar-refractivity contribution in [3.05, 3.63) is 77.5 Å². The van der Waals surface area contributed by atoms with Gasteiger partial charge in [-0.05, 0) is 78.3 Å². The van der Waals surface area contributed by atoms with E-state index in [9.17, 15) is 4.79 Å². The van der Waals surface area contributed by atoms with Crippen LogP contribution in [0.2, 0.25) is 0 Å². The normalized spacial score (nSPS) is 16.2. The van der Waals surface area contributed by atoms with Gasteiger partial charge in [0.05, 0.1) is 5.69 Å². The molecule has 4 rings (SSSR count). The zero-order chi connectivity index (χ0) is 22.0. The lowest BCUT2D eigenvalue weighted by molar-refractivity contribution is -0.137. The van der Waals surface area contributed by atoms with E-state index in [0.29, 0.717) is 17.8 Å². The Labute approximate surface area is 185 Å². The molecule has 0 fully saturated rings. The zero-order valence-electron chi connectivity index (χ0n) is 18.9. The molecule has 1 N–H and O–H groups in total. The van der Waals surface area contributed by atoms with E-state index in [-0.39, 0.29) is 6.42 Å². The van der Waals surface area contributed by atoms with Gasteiger partial charge in [0.25, 0.3) is 0 Å². The number of fused-ring (bicyclic) bond motifs is 1. The predicted octanol–water partition coefficient (Wildman–Crippen LogP) is 6.70. The first-order valence-electron chi connectivity index (χ1n) is 11.4. The SMILES string of the molecule is CC(C)(C)C1CCc2c(cc(-c3ccccc3)n2-c2ccc(CCCC(=O)O)cc2)C1. The van der Waals surface area contributed by atoms with E-state index in [2.05, 4.69) is 86.0 Å². The van der Waals surface area contributed by atoms with E-state index < -0.39 is 5.97 Å².